The lowest BCUT2D eigenvalue weighted by molar-refractivity contribution is -0.146. The van der Waals surface area contributed by atoms with Crippen molar-refractivity contribution in [2.45, 2.75) is 51.7 Å². The molecule has 3 fully saturated rings. The fraction of sp³-hybridized carbons (Fsp3) is 0.667. The van der Waals surface area contributed by atoms with Crippen molar-refractivity contribution in [3.8, 4) is 11.5 Å². The van der Waals surface area contributed by atoms with Gasteiger partial charge in [-0.2, -0.15) is 0 Å². The van der Waals surface area contributed by atoms with Crippen LogP contribution in [0.5, 0.6) is 11.5 Å². The molecule has 1 aliphatic heterocycles. The molecule has 1 spiro atoms. The van der Waals surface area contributed by atoms with Crippen molar-refractivity contribution in [3.05, 3.63) is 23.8 Å². The molecule has 3 saturated carbocycles. The number of ether oxygens (including phenoxy) is 2. The summed E-state index contributed by atoms with van der Waals surface area (Å²) in [5, 5.41) is 6.32. The Bertz CT molecular complexity index is 825. The zero-order valence-corrected chi connectivity index (χ0v) is 18.9. The molecule has 4 aliphatic rings. The summed E-state index contributed by atoms with van der Waals surface area (Å²) in [6, 6.07) is 5.30. The highest BCUT2D eigenvalue weighted by Gasteiger charge is 2.57. The summed E-state index contributed by atoms with van der Waals surface area (Å²) >= 11 is 0. The molecule has 1 aromatic rings. The predicted octanol–water partition coefficient (Wildman–Crippen LogP) is 2.80. The van der Waals surface area contributed by atoms with Gasteiger partial charge >= 0.3 is 0 Å². The first-order chi connectivity index (χ1) is 15.0. The quantitative estimate of drug-likeness (QED) is 0.621. The number of rotatable bonds is 8. The Morgan fingerprint density at radius 1 is 1.32 bits per heavy atom. The van der Waals surface area contributed by atoms with E-state index in [1.54, 1.807) is 25.3 Å². The fourth-order valence-electron chi connectivity index (χ4n) is 5.62. The van der Waals surface area contributed by atoms with Crippen LogP contribution in [-0.4, -0.2) is 55.7 Å². The normalized spacial score (nSPS) is 28.8. The third-order valence-corrected chi connectivity index (χ3v) is 7.45. The summed E-state index contributed by atoms with van der Waals surface area (Å²) in [6.07, 6.45) is 4.38. The lowest BCUT2D eigenvalue weighted by atomic mass is 9.60. The first-order valence-corrected chi connectivity index (χ1v) is 11.7. The van der Waals surface area contributed by atoms with Crippen LogP contribution < -0.4 is 20.1 Å². The van der Waals surface area contributed by atoms with E-state index in [0.717, 1.165) is 51.9 Å². The lowest BCUT2D eigenvalue weighted by Crippen LogP contribution is -2.66. The van der Waals surface area contributed by atoms with Crippen molar-refractivity contribution in [1.82, 2.24) is 15.5 Å². The molecule has 2 bridgehead atoms. The smallest absolute Gasteiger partial charge is 0.258 e. The van der Waals surface area contributed by atoms with Gasteiger partial charge in [-0.3, -0.25) is 9.59 Å². The van der Waals surface area contributed by atoms with Crippen LogP contribution in [0, 0.1) is 17.8 Å². The van der Waals surface area contributed by atoms with Crippen LogP contribution in [0.4, 0.5) is 0 Å². The molecule has 0 unspecified atom stereocenters. The van der Waals surface area contributed by atoms with Gasteiger partial charge in [0.2, 0.25) is 5.91 Å². The summed E-state index contributed by atoms with van der Waals surface area (Å²) in [5.41, 5.74) is -0.172. The van der Waals surface area contributed by atoms with Crippen molar-refractivity contribution in [2.24, 2.45) is 17.8 Å². The molecule has 2 amide bonds. The highest BCUT2D eigenvalue weighted by Crippen LogP contribution is 2.52. The number of benzene rings is 1. The van der Waals surface area contributed by atoms with Gasteiger partial charge in [0, 0.05) is 30.9 Å². The van der Waals surface area contributed by atoms with Gasteiger partial charge in [-0.25, -0.2) is 0 Å². The zero-order valence-electron chi connectivity index (χ0n) is 18.9. The number of hydrogen-bond donors (Lipinski definition) is 2. The minimum absolute atomic E-state index is 0.00466. The minimum atomic E-state index is -0.709. The monoisotopic (exact) mass is 429 g/mol. The summed E-state index contributed by atoms with van der Waals surface area (Å²) in [4.78, 5) is 28.1. The van der Waals surface area contributed by atoms with E-state index in [9.17, 15) is 9.59 Å². The van der Waals surface area contributed by atoms with Crippen LogP contribution in [0.25, 0.3) is 0 Å². The number of carbonyl (C=O) groups excluding carboxylic acids is 2. The van der Waals surface area contributed by atoms with E-state index >= 15 is 0 Å². The Hall–Kier alpha value is -2.28. The van der Waals surface area contributed by atoms with Crippen molar-refractivity contribution >= 4 is 11.8 Å². The van der Waals surface area contributed by atoms with Crippen LogP contribution in [0.2, 0.25) is 0 Å². The number of amides is 2. The number of nitrogens with one attached hydrogen (secondary N) is 2. The maximum atomic E-state index is 12.9. The molecule has 1 heterocycles. The summed E-state index contributed by atoms with van der Waals surface area (Å²) in [5.74, 6) is 1.67. The molecule has 0 saturated heterocycles. The van der Waals surface area contributed by atoms with E-state index < -0.39 is 5.72 Å². The van der Waals surface area contributed by atoms with Crippen molar-refractivity contribution in [3.63, 3.8) is 0 Å². The van der Waals surface area contributed by atoms with Crippen LogP contribution in [0.1, 0.15) is 56.3 Å². The number of nitrogens with zero attached hydrogens (tertiary/aromatic N) is 1. The molecule has 2 N–H and O–H groups in total. The van der Waals surface area contributed by atoms with Gasteiger partial charge in [0.25, 0.3) is 5.91 Å². The van der Waals surface area contributed by atoms with Crippen molar-refractivity contribution in [1.29, 1.82) is 0 Å². The first kappa shape index (κ1) is 21.9. The number of hydrogen-bond acceptors (Lipinski definition) is 5. The largest absolute Gasteiger partial charge is 0.497 e. The Morgan fingerprint density at radius 2 is 2.13 bits per heavy atom. The molecule has 0 radical (unpaired) electrons. The number of carbonyl (C=O) groups is 2. The molecule has 5 rings (SSSR count). The Balaban J connectivity index is 1.39. The summed E-state index contributed by atoms with van der Waals surface area (Å²) in [6.45, 7) is 8.14. The third kappa shape index (κ3) is 4.25. The lowest BCUT2D eigenvalue weighted by Gasteiger charge is -2.55. The van der Waals surface area contributed by atoms with E-state index in [1.165, 1.54) is 0 Å². The topological polar surface area (TPSA) is 79.9 Å². The fourth-order valence-corrected chi connectivity index (χ4v) is 5.62. The second kappa shape index (κ2) is 9.07. The summed E-state index contributed by atoms with van der Waals surface area (Å²) < 4.78 is 11.7. The van der Waals surface area contributed by atoms with Gasteiger partial charge in [0.1, 0.15) is 11.5 Å². The molecule has 0 aromatic heterocycles. The van der Waals surface area contributed by atoms with Gasteiger partial charge in [-0.05, 0) is 63.4 Å². The van der Waals surface area contributed by atoms with E-state index in [-0.39, 0.29) is 29.6 Å². The SMILES string of the molecule is CCN(CC)CCCNC(=O)[C@@H]1C[C@H]2CC[C@H]1C[C@]21NC(=O)c2ccc(OC)cc2O1. The van der Waals surface area contributed by atoms with E-state index in [0.29, 0.717) is 23.5 Å². The Labute approximate surface area is 184 Å². The number of fused-ring (bicyclic) bond motifs is 3. The molecule has 3 aliphatic carbocycles. The number of methoxy groups -OCH3 is 1. The maximum absolute atomic E-state index is 12.9. The Morgan fingerprint density at radius 3 is 2.81 bits per heavy atom. The molecule has 170 valence electrons. The van der Waals surface area contributed by atoms with Gasteiger partial charge in [-0.15, -0.1) is 0 Å². The highest BCUT2D eigenvalue weighted by molar-refractivity contribution is 5.98. The summed E-state index contributed by atoms with van der Waals surface area (Å²) in [7, 11) is 1.61. The van der Waals surface area contributed by atoms with Gasteiger partial charge in [0.05, 0.1) is 12.7 Å². The molecular weight excluding hydrogens is 394 g/mol. The van der Waals surface area contributed by atoms with Crippen molar-refractivity contribution in [2.75, 3.05) is 33.3 Å². The van der Waals surface area contributed by atoms with Gasteiger partial charge in [0.15, 0.2) is 5.72 Å². The van der Waals surface area contributed by atoms with Crippen LogP contribution >= 0.6 is 0 Å². The molecule has 1 aromatic carbocycles. The molecule has 31 heavy (non-hydrogen) atoms. The standard InChI is InChI=1S/C24H35N3O4/c1-4-27(5-2)12-6-11-25-22(28)20-13-17-8-7-16(20)15-24(17)26-23(29)19-10-9-18(30-3)14-21(19)31-24/h9-10,14,16-17,20H,4-8,11-13,15H2,1-3H3,(H,25,28)(H,26,29)/t16-,17+,20+,24+/m0/s1. The second-order valence-corrected chi connectivity index (χ2v) is 9.06. The van der Waals surface area contributed by atoms with Crippen LogP contribution in [-0.2, 0) is 4.79 Å². The average molecular weight is 430 g/mol. The molecule has 7 heteroatoms. The highest BCUT2D eigenvalue weighted by atomic mass is 16.5. The molecular formula is C24H35N3O4. The zero-order chi connectivity index (χ0) is 22.0. The maximum Gasteiger partial charge on any atom is 0.258 e. The minimum Gasteiger partial charge on any atom is -0.497 e. The first-order valence-electron chi connectivity index (χ1n) is 11.7. The van der Waals surface area contributed by atoms with Gasteiger partial charge < -0.3 is 25.0 Å². The second-order valence-electron chi connectivity index (χ2n) is 9.06. The van der Waals surface area contributed by atoms with E-state index in [1.807, 2.05) is 0 Å². The van der Waals surface area contributed by atoms with E-state index in [4.69, 9.17) is 9.47 Å². The van der Waals surface area contributed by atoms with Crippen LogP contribution in [0.3, 0.4) is 0 Å². The average Bonchev–Trinajstić information content (AvgIpc) is 2.78. The third-order valence-electron chi connectivity index (χ3n) is 7.45. The van der Waals surface area contributed by atoms with E-state index in [2.05, 4.69) is 29.4 Å². The Kier molecular flexibility index (Phi) is 6.42. The van der Waals surface area contributed by atoms with Gasteiger partial charge in [-0.1, -0.05) is 13.8 Å². The van der Waals surface area contributed by atoms with Crippen LogP contribution in [0.15, 0.2) is 18.2 Å². The van der Waals surface area contributed by atoms with Crippen molar-refractivity contribution < 1.29 is 19.1 Å². The molecule has 4 atom stereocenters. The predicted molar refractivity (Wildman–Crippen MR) is 118 cm³/mol. The molecule has 7 nitrogen and oxygen atoms in total.